The molecule has 6 heteroatoms. The zero-order valence-electron chi connectivity index (χ0n) is 13.3. The van der Waals surface area contributed by atoms with E-state index in [2.05, 4.69) is 20.2 Å². The molecule has 0 spiro atoms. The molecule has 116 valence electrons. The summed E-state index contributed by atoms with van der Waals surface area (Å²) >= 11 is 0. The third-order valence-corrected chi connectivity index (χ3v) is 3.72. The second-order valence-corrected chi connectivity index (χ2v) is 6.05. The standard InChI is InChI=1S/C15H25N5O/c1-11(2)18-15(21)12-5-7-20(8-6-12)14-9-13(19(3)4)16-10-17-14/h9-12H,5-8H2,1-4H3,(H,18,21). The lowest BCUT2D eigenvalue weighted by atomic mass is 9.95. The predicted molar refractivity (Wildman–Crippen MR) is 84.6 cm³/mol. The first-order valence-electron chi connectivity index (χ1n) is 7.52. The number of carbonyl (C=O) groups excluding carboxylic acids is 1. The molecule has 1 amide bonds. The Morgan fingerprint density at radius 1 is 1.33 bits per heavy atom. The van der Waals surface area contributed by atoms with Gasteiger partial charge in [0.25, 0.3) is 0 Å². The van der Waals surface area contributed by atoms with Gasteiger partial charge in [0.2, 0.25) is 5.91 Å². The Morgan fingerprint density at radius 2 is 2.00 bits per heavy atom. The largest absolute Gasteiger partial charge is 0.363 e. The molecule has 2 rings (SSSR count). The number of rotatable bonds is 4. The first-order valence-corrected chi connectivity index (χ1v) is 7.52. The number of hydrogen-bond acceptors (Lipinski definition) is 5. The summed E-state index contributed by atoms with van der Waals surface area (Å²) in [5.74, 6) is 2.15. The molecule has 0 atom stereocenters. The fourth-order valence-corrected chi connectivity index (χ4v) is 2.53. The topological polar surface area (TPSA) is 61.4 Å². The maximum absolute atomic E-state index is 12.0. The third-order valence-electron chi connectivity index (χ3n) is 3.72. The van der Waals surface area contributed by atoms with Gasteiger partial charge in [-0.1, -0.05) is 0 Å². The van der Waals surface area contributed by atoms with Crippen molar-refractivity contribution in [1.82, 2.24) is 15.3 Å². The van der Waals surface area contributed by atoms with Gasteiger partial charge in [-0.3, -0.25) is 4.79 Å². The molecule has 1 aliphatic heterocycles. The van der Waals surface area contributed by atoms with E-state index < -0.39 is 0 Å². The quantitative estimate of drug-likeness (QED) is 0.905. The Morgan fingerprint density at radius 3 is 2.57 bits per heavy atom. The van der Waals surface area contributed by atoms with Crippen LogP contribution in [-0.2, 0) is 4.79 Å². The van der Waals surface area contributed by atoms with Crippen LogP contribution in [0.15, 0.2) is 12.4 Å². The summed E-state index contributed by atoms with van der Waals surface area (Å²) in [5.41, 5.74) is 0. The average Bonchev–Trinajstić information content (AvgIpc) is 2.47. The second-order valence-electron chi connectivity index (χ2n) is 6.05. The molecule has 1 fully saturated rings. The highest BCUT2D eigenvalue weighted by molar-refractivity contribution is 5.79. The van der Waals surface area contributed by atoms with Crippen LogP contribution in [0.3, 0.4) is 0 Å². The highest BCUT2D eigenvalue weighted by Gasteiger charge is 2.26. The number of piperidine rings is 1. The van der Waals surface area contributed by atoms with Crippen molar-refractivity contribution >= 4 is 17.5 Å². The van der Waals surface area contributed by atoms with Crippen LogP contribution >= 0.6 is 0 Å². The molecule has 1 N–H and O–H groups in total. The van der Waals surface area contributed by atoms with Gasteiger partial charge >= 0.3 is 0 Å². The van der Waals surface area contributed by atoms with Crippen LogP contribution in [0.25, 0.3) is 0 Å². The van der Waals surface area contributed by atoms with Crippen LogP contribution in [0.4, 0.5) is 11.6 Å². The van der Waals surface area contributed by atoms with Gasteiger partial charge in [-0.25, -0.2) is 9.97 Å². The molecule has 0 bridgehead atoms. The summed E-state index contributed by atoms with van der Waals surface area (Å²) in [6, 6.07) is 2.20. The van der Waals surface area contributed by atoms with E-state index in [1.165, 1.54) is 0 Å². The van der Waals surface area contributed by atoms with E-state index in [9.17, 15) is 4.79 Å². The zero-order valence-corrected chi connectivity index (χ0v) is 13.3. The number of amides is 1. The Balaban J connectivity index is 1.95. The van der Waals surface area contributed by atoms with E-state index in [0.717, 1.165) is 37.6 Å². The molecule has 6 nitrogen and oxygen atoms in total. The molecular formula is C15H25N5O. The molecule has 1 aliphatic rings. The zero-order chi connectivity index (χ0) is 15.4. The lowest BCUT2D eigenvalue weighted by Gasteiger charge is -2.32. The Bertz CT molecular complexity index is 481. The van der Waals surface area contributed by atoms with Gasteiger partial charge < -0.3 is 15.1 Å². The van der Waals surface area contributed by atoms with E-state index in [0.29, 0.717) is 0 Å². The van der Waals surface area contributed by atoms with Crippen molar-refractivity contribution < 1.29 is 4.79 Å². The molecule has 0 saturated carbocycles. The molecule has 0 radical (unpaired) electrons. The molecular weight excluding hydrogens is 266 g/mol. The molecule has 2 heterocycles. The average molecular weight is 291 g/mol. The van der Waals surface area contributed by atoms with Gasteiger partial charge in [-0.05, 0) is 26.7 Å². The Kier molecular flexibility index (Phi) is 4.98. The van der Waals surface area contributed by atoms with Crippen molar-refractivity contribution in [1.29, 1.82) is 0 Å². The van der Waals surface area contributed by atoms with E-state index in [1.807, 2.05) is 38.9 Å². The normalized spacial score (nSPS) is 16.1. The van der Waals surface area contributed by atoms with Crippen LogP contribution < -0.4 is 15.1 Å². The summed E-state index contributed by atoms with van der Waals surface area (Å²) < 4.78 is 0. The smallest absolute Gasteiger partial charge is 0.223 e. The van der Waals surface area contributed by atoms with Crippen LogP contribution in [0.1, 0.15) is 26.7 Å². The lowest BCUT2D eigenvalue weighted by Crippen LogP contribution is -2.42. The molecule has 0 aliphatic carbocycles. The molecule has 21 heavy (non-hydrogen) atoms. The molecule has 1 aromatic heterocycles. The minimum atomic E-state index is 0.124. The summed E-state index contributed by atoms with van der Waals surface area (Å²) in [5, 5.41) is 3.00. The van der Waals surface area contributed by atoms with Crippen molar-refractivity contribution in [3.63, 3.8) is 0 Å². The van der Waals surface area contributed by atoms with Crippen LogP contribution in [-0.4, -0.2) is 49.1 Å². The number of nitrogens with zero attached hydrogens (tertiary/aromatic N) is 4. The lowest BCUT2D eigenvalue weighted by molar-refractivity contribution is -0.126. The van der Waals surface area contributed by atoms with Gasteiger partial charge in [-0.2, -0.15) is 0 Å². The van der Waals surface area contributed by atoms with Crippen LogP contribution in [0.2, 0.25) is 0 Å². The summed E-state index contributed by atoms with van der Waals surface area (Å²) in [6.45, 7) is 5.72. The maximum atomic E-state index is 12.0. The number of hydrogen-bond donors (Lipinski definition) is 1. The minimum Gasteiger partial charge on any atom is -0.363 e. The van der Waals surface area contributed by atoms with Crippen molar-refractivity contribution in [2.75, 3.05) is 37.0 Å². The van der Waals surface area contributed by atoms with Crippen molar-refractivity contribution in [3.8, 4) is 0 Å². The molecule has 0 aromatic carbocycles. The summed E-state index contributed by atoms with van der Waals surface area (Å²) in [6.07, 6.45) is 3.35. The third kappa shape index (κ3) is 4.06. The van der Waals surface area contributed by atoms with Crippen molar-refractivity contribution in [2.45, 2.75) is 32.7 Å². The van der Waals surface area contributed by atoms with E-state index >= 15 is 0 Å². The van der Waals surface area contributed by atoms with Gasteiger partial charge in [-0.15, -0.1) is 0 Å². The highest BCUT2D eigenvalue weighted by Crippen LogP contribution is 2.23. The monoisotopic (exact) mass is 291 g/mol. The van der Waals surface area contributed by atoms with Crippen molar-refractivity contribution in [2.24, 2.45) is 5.92 Å². The van der Waals surface area contributed by atoms with Gasteiger partial charge in [0.15, 0.2) is 0 Å². The number of carbonyl (C=O) groups is 1. The summed E-state index contributed by atoms with van der Waals surface area (Å²) in [7, 11) is 3.93. The second kappa shape index (κ2) is 6.74. The first-order chi connectivity index (χ1) is 9.97. The number of nitrogens with one attached hydrogen (secondary N) is 1. The highest BCUT2D eigenvalue weighted by atomic mass is 16.1. The Hall–Kier alpha value is -1.85. The minimum absolute atomic E-state index is 0.124. The SMILES string of the molecule is CC(C)NC(=O)C1CCN(c2cc(N(C)C)ncn2)CC1. The van der Waals surface area contributed by atoms with Crippen molar-refractivity contribution in [3.05, 3.63) is 12.4 Å². The van der Waals surface area contributed by atoms with E-state index in [1.54, 1.807) is 6.33 Å². The molecule has 1 aromatic rings. The van der Waals surface area contributed by atoms with Gasteiger partial charge in [0, 0.05) is 45.2 Å². The van der Waals surface area contributed by atoms with Crippen LogP contribution in [0.5, 0.6) is 0 Å². The van der Waals surface area contributed by atoms with E-state index in [-0.39, 0.29) is 17.9 Å². The Labute approximate surface area is 126 Å². The number of anilines is 2. The van der Waals surface area contributed by atoms with E-state index in [4.69, 9.17) is 0 Å². The summed E-state index contributed by atoms with van der Waals surface area (Å²) in [4.78, 5) is 24.8. The first kappa shape index (κ1) is 15.5. The van der Waals surface area contributed by atoms with Gasteiger partial charge in [0.1, 0.15) is 18.0 Å². The van der Waals surface area contributed by atoms with Crippen LogP contribution in [0, 0.1) is 5.92 Å². The molecule has 1 saturated heterocycles. The molecule has 0 unspecified atom stereocenters. The predicted octanol–water partition coefficient (Wildman–Crippen LogP) is 1.28. The number of aromatic nitrogens is 2. The maximum Gasteiger partial charge on any atom is 0.223 e. The fraction of sp³-hybridized carbons (Fsp3) is 0.667. The van der Waals surface area contributed by atoms with Gasteiger partial charge in [0.05, 0.1) is 0 Å². The fourth-order valence-electron chi connectivity index (χ4n) is 2.53.